The molecule has 1 fully saturated rings. The standard InChI is InChI=1S/C13H20N4O/c1-9(2)10-4-13(18)17(7-10)8-11-5-16-12(14-3)6-15-11/h5-6,9-10H,4,7-8H2,1-3H3,(H,14,16). The van der Waals surface area contributed by atoms with E-state index in [9.17, 15) is 4.79 Å². The minimum Gasteiger partial charge on any atom is -0.372 e. The highest BCUT2D eigenvalue weighted by Crippen LogP contribution is 2.25. The summed E-state index contributed by atoms with van der Waals surface area (Å²) in [6.07, 6.45) is 4.08. The van der Waals surface area contributed by atoms with E-state index in [0.29, 0.717) is 24.8 Å². The topological polar surface area (TPSA) is 58.1 Å². The highest BCUT2D eigenvalue weighted by molar-refractivity contribution is 5.78. The monoisotopic (exact) mass is 248 g/mol. The van der Waals surface area contributed by atoms with E-state index in [1.807, 2.05) is 4.90 Å². The molecule has 0 radical (unpaired) electrons. The number of carbonyl (C=O) groups is 1. The van der Waals surface area contributed by atoms with Crippen LogP contribution in [-0.2, 0) is 11.3 Å². The minimum atomic E-state index is 0.230. The number of carbonyl (C=O) groups excluding carboxylic acids is 1. The molecule has 0 bridgehead atoms. The van der Waals surface area contributed by atoms with E-state index in [0.717, 1.165) is 18.1 Å². The Kier molecular flexibility index (Phi) is 3.79. The molecule has 2 heterocycles. The quantitative estimate of drug-likeness (QED) is 0.877. The smallest absolute Gasteiger partial charge is 0.223 e. The molecule has 1 aromatic rings. The molecule has 1 amide bonds. The zero-order valence-corrected chi connectivity index (χ0v) is 11.2. The third-order valence-corrected chi connectivity index (χ3v) is 3.50. The summed E-state index contributed by atoms with van der Waals surface area (Å²) in [5.74, 6) is 2.00. The lowest BCUT2D eigenvalue weighted by atomic mass is 9.95. The molecule has 5 heteroatoms. The largest absolute Gasteiger partial charge is 0.372 e. The summed E-state index contributed by atoms with van der Waals surface area (Å²) in [6.45, 7) is 5.75. The van der Waals surface area contributed by atoms with Gasteiger partial charge in [-0.15, -0.1) is 0 Å². The van der Waals surface area contributed by atoms with Crippen molar-refractivity contribution in [1.82, 2.24) is 14.9 Å². The van der Waals surface area contributed by atoms with Crippen molar-refractivity contribution in [2.75, 3.05) is 18.9 Å². The number of hydrogen-bond donors (Lipinski definition) is 1. The molecule has 98 valence electrons. The van der Waals surface area contributed by atoms with Gasteiger partial charge < -0.3 is 10.2 Å². The van der Waals surface area contributed by atoms with Crippen molar-refractivity contribution >= 4 is 11.7 Å². The summed E-state index contributed by atoms with van der Waals surface area (Å²) in [6, 6.07) is 0. The number of anilines is 1. The Bertz CT molecular complexity index is 416. The first-order valence-electron chi connectivity index (χ1n) is 6.36. The number of hydrogen-bond acceptors (Lipinski definition) is 4. The number of nitrogens with one attached hydrogen (secondary N) is 1. The lowest BCUT2D eigenvalue weighted by Crippen LogP contribution is -2.25. The van der Waals surface area contributed by atoms with Crippen molar-refractivity contribution in [3.8, 4) is 0 Å². The third kappa shape index (κ3) is 2.78. The maximum absolute atomic E-state index is 11.9. The van der Waals surface area contributed by atoms with Crippen molar-refractivity contribution < 1.29 is 4.79 Å². The fourth-order valence-electron chi connectivity index (χ4n) is 2.16. The molecule has 5 nitrogen and oxygen atoms in total. The van der Waals surface area contributed by atoms with E-state index < -0.39 is 0 Å². The molecule has 0 aromatic carbocycles. The molecule has 2 rings (SSSR count). The van der Waals surface area contributed by atoms with Gasteiger partial charge in [0.05, 0.1) is 24.6 Å². The van der Waals surface area contributed by atoms with Crippen LogP contribution in [0.25, 0.3) is 0 Å². The van der Waals surface area contributed by atoms with E-state index in [-0.39, 0.29) is 5.91 Å². The molecule has 1 unspecified atom stereocenters. The summed E-state index contributed by atoms with van der Waals surface area (Å²) < 4.78 is 0. The van der Waals surface area contributed by atoms with E-state index in [4.69, 9.17) is 0 Å². The molecule has 18 heavy (non-hydrogen) atoms. The van der Waals surface area contributed by atoms with Crippen LogP contribution in [0.1, 0.15) is 26.0 Å². The second-order valence-electron chi connectivity index (χ2n) is 5.13. The maximum atomic E-state index is 11.9. The Morgan fingerprint density at radius 1 is 1.44 bits per heavy atom. The van der Waals surface area contributed by atoms with Gasteiger partial charge >= 0.3 is 0 Å². The molecule has 1 aliphatic rings. The molecule has 1 saturated heterocycles. The zero-order valence-electron chi connectivity index (χ0n) is 11.2. The van der Waals surface area contributed by atoms with Crippen molar-refractivity contribution in [3.05, 3.63) is 18.1 Å². The predicted octanol–water partition coefficient (Wildman–Crippen LogP) is 1.52. The Morgan fingerprint density at radius 2 is 2.22 bits per heavy atom. The number of amides is 1. The first kappa shape index (κ1) is 12.8. The van der Waals surface area contributed by atoms with Gasteiger partial charge in [-0.05, 0) is 11.8 Å². The van der Waals surface area contributed by atoms with Crippen molar-refractivity contribution in [1.29, 1.82) is 0 Å². The number of aromatic nitrogens is 2. The first-order chi connectivity index (χ1) is 8.60. The Labute approximate surface area is 108 Å². The van der Waals surface area contributed by atoms with Gasteiger partial charge in [-0.1, -0.05) is 13.8 Å². The highest BCUT2D eigenvalue weighted by atomic mass is 16.2. The Morgan fingerprint density at radius 3 is 2.72 bits per heavy atom. The summed E-state index contributed by atoms with van der Waals surface area (Å²) in [5, 5.41) is 2.92. The van der Waals surface area contributed by atoms with E-state index in [2.05, 4.69) is 29.1 Å². The summed E-state index contributed by atoms with van der Waals surface area (Å²) in [4.78, 5) is 22.3. The number of rotatable bonds is 4. The second kappa shape index (κ2) is 5.33. The van der Waals surface area contributed by atoms with Crippen LogP contribution in [0.5, 0.6) is 0 Å². The summed E-state index contributed by atoms with van der Waals surface area (Å²) in [5.41, 5.74) is 0.840. The third-order valence-electron chi connectivity index (χ3n) is 3.50. The van der Waals surface area contributed by atoms with Gasteiger partial charge in [0.2, 0.25) is 5.91 Å². The maximum Gasteiger partial charge on any atom is 0.223 e. The van der Waals surface area contributed by atoms with Gasteiger partial charge in [-0.2, -0.15) is 0 Å². The molecule has 1 N–H and O–H groups in total. The molecule has 0 aliphatic carbocycles. The molecular weight excluding hydrogens is 228 g/mol. The van der Waals surface area contributed by atoms with Crippen molar-refractivity contribution in [3.63, 3.8) is 0 Å². The van der Waals surface area contributed by atoms with Crippen molar-refractivity contribution in [2.45, 2.75) is 26.8 Å². The van der Waals surface area contributed by atoms with Crippen LogP contribution in [0.2, 0.25) is 0 Å². The summed E-state index contributed by atoms with van der Waals surface area (Å²) in [7, 11) is 1.81. The Hall–Kier alpha value is -1.65. The van der Waals surface area contributed by atoms with Gasteiger partial charge in [0.15, 0.2) is 0 Å². The van der Waals surface area contributed by atoms with Gasteiger partial charge in [-0.25, -0.2) is 4.98 Å². The van der Waals surface area contributed by atoms with Crippen LogP contribution < -0.4 is 5.32 Å². The van der Waals surface area contributed by atoms with Crippen LogP contribution in [0.3, 0.4) is 0 Å². The van der Waals surface area contributed by atoms with E-state index >= 15 is 0 Å². The van der Waals surface area contributed by atoms with E-state index in [1.54, 1.807) is 19.4 Å². The average molecular weight is 248 g/mol. The van der Waals surface area contributed by atoms with Crippen LogP contribution >= 0.6 is 0 Å². The van der Waals surface area contributed by atoms with Crippen molar-refractivity contribution in [2.24, 2.45) is 11.8 Å². The predicted molar refractivity (Wildman–Crippen MR) is 69.9 cm³/mol. The highest BCUT2D eigenvalue weighted by Gasteiger charge is 2.31. The van der Waals surface area contributed by atoms with Crippen LogP contribution in [0.4, 0.5) is 5.82 Å². The fraction of sp³-hybridized carbons (Fsp3) is 0.615. The lowest BCUT2D eigenvalue weighted by Gasteiger charge is -2.17. The van der Waals surface area contributed by atoms with Gasteiger partial charge in [0.1, 0.15) is 5.82 Å². The van der Waals surface area contributed by atoms with Crippen LogP contribution in [0.15, 0.2) is 12.4 Å². The molecule has 1 aromatic heterocycles. The number of nitrogens with zero attached hydrogens (tertiary/aromatic N) is 3. The molecular formula is C13H20N4O. The number of likely N-dealkylation sites (tertiary alicyclic amines) is 1. The SMILES string of the molecule is CNc1cnc(CN2CC(C(C)C)CC2=O)cn1. The summed E-state index contributed by atoms with van der Waals surface area (Å²) >= 11 is 0. The fourth-order valence-corrected chi connectivity index (χ4v) is 2.16. The minimum absolute atomic E-state index is 0.230. The first-order valence-corrected chi connectivity index (χ1v) is 6.36. The van der Waals surface area contributed by atoms with Gasteiger partial charge in [0.25, 0.3) is 0 Å². The molecule has 0 saturated carbocycles. The molecule has 1 atom stereocenters. The van der Waals surface area contributed by atoms with Gasteiger partial charge in [0, 0.05) is 20.0 Å². The van der Waals surface area contributed by atoms with Crippen LogP contribution in [0, 0.1) is 11.8 Å². The lowest BCUT2D eigenvalue weighted by molar-refractivity contribution is -0.128. The molecule has 1 aliphatic heterocycles. The average Bonchev–Trinajstić information content (AvgIpc) is 2.72. The zero-order chi connectivity index (χ0) is 13.1. The molecule has 0 spiro atoms. The normalized spacial score (nSPS) is 19.7. The van der Waals surface area contributed by atoms with Crippen LogP contribution in [-0.4, -0.2) is 34.4 Å². The Balaban J connectivity index is 1.98. The van der Waals surface area contributed by atoms with E-state index in [1.165, 1.54) is 0 Å². The second-order valence-corrected chi connectivity index (χ2v) is 5.13. The van der Waals surface area contributed by atoms with Gasteiger partial charge in [-0.3, -0.25) is 9.78 Å².